The first-order chi connectivity index (χ1) is 9.11. The van der Waals surface area contributed by atoms with Crippen molar-refractivity contribution in [2.24, 2.45) is 0 Å². The lowest BCUT2D eigenvalue weighted by atomic mass is 10.2. The van der Waals surface area contributed by atoms with Gasteiger partial charge >= 0.3 is 0 Å². The van der Waals surface area contributed by atoms with Gasteiger partial charge in [0.05, 0.1) is 18.0 Å². The third-order valence-electron chi connectivity index (χ3n) is 3.44. The molecule has 1 fully saturated rings. The van der Waals surface area contributed by atoms with Crippen LogP contribution in [0.4, 0.5) is 15.8 Å². The van der Waals surface area contributed by atoms with Gasteiger partial charge in [0.2, 0.25) is 0 Å². The van der Waals surface area contributed by atoms with Gasteiger partial charge in [0, 0.05) is 31.8 Å². The maximum absolute atomic E-state index is 13.7. The van der Waals surface area contributed by atoms with Crippen LogP contribution < -0.4 is 15.4 Å². The van der Waals surface area contributed by atoms with Gasteiger partial charge in [-0.3, -0.25) is 0 Å². The lowest BCUT2D eigenvalue weighted by molar-refractivity contribution is 0.321. The van der Waals surface area contributed by atoms with Gasteiger partial charge in [-0.2, -0.15) is 0 Å². The summed E-state index contributed by atoms with van der Waals surface area (Å²) in [6, 6.07) is 3.08. The number of hydrogen-bond donors (Lipinski definition) is 1. The van der Waals surface area contributed by atoms with Crippen LogP contribution in [-0.2, 0) is 0 Å². The van der Waals surface area contributed by atoms with Crippen LogP contribution in [0.25, 0.3) is 0 Å². The first kappa shape index (κ1) is 13.9. The molecule has 5 heteroatoms. The SMILES string of the molecule is CCOc1cc(N2CCCN(C)CC2)c(N)cc1F. The van der Waals surface area contributed by atoms with Crippen molar-refractivity contribution in [1.29, 1.82) is 0 Å². The van der Waals surface area contributed by atoms with Crippen molar-refractivity contribution in [3.63, 3.8) is 0 Å². The Hall–Kier alpha value is -1.49. The zero-order chi connectivity index (χ0) is 13.8. The molecule has 0 radical (unpaired) electrons. The van der Waals surface area contributed by atoms with E-state index in [2.05, 4.69) is 16.8 Å². The van der Waals surface area contributed by atoms with Gasteiger partial charge in [-0.05, 0) is 26.9 Å². The van der Waals surface area contributed by atoms with Gasteiger partial charge in [-0.1, -0.05) is 0 Å². The predicted molar refractivity (Wildman–Crippen MR) is 76.3 cm³/mol. The van der Waals surface area contributed by atoms with Crippen LogP contribution in [0.5, 0.6) is 5.75 Å². The Morgan fingerprint density at radius 3 is 2.79 bits per heavy atom. The summed E-state index contributed by atoms with van der Waals surface area (Å²) in [6.45, 7) is 6.19. The zero-order valence-electron chi connectivity index (χ0n) is 11.7. The number of anilines is 2. The third kappa shape index (κ3) is 3.29. The first-order valence-electron chi connectivity index (χ1n) is 6.77. The summed E-state index contributed by atoms with van der Waals surface area (Å²) in [5.74, 6) is -0.112. The van der Waals surface area contributed by atoms with E-state index in [-0.39, 0.29) is 5.75 Å². The highest BCUT2D eigenvalue weighted by Gasteiger charge is 2.17. The Morgan fingerprint density at radius 1 is 1.26 bits per heavy atom. The molecule has 0 atom stereocenters. The molecule has 1 aliphatic heterocycles. The second-order valence-corrected chi connectivity index (χ2v) is 4.92. The fourth-order valence-electron chi connectivity index (χ4n) is 2.39. The van der Waals surface area contributed by atoms with Crippen LogP contribution in [0, 0.1) is 5.82 Å². The molecule has 0 unspecified atom stereocenters. The summed E-state index contributed by atoms with van der Waals surface area (Å²) >= 11 is 0. The van der Waals surface area contributed by atoms with Gasteiger partial charge in [0.25, 0.3) is 0 Å². The maximum atomic E-state index is 13.7. The van der Waals surface area contributed by atoms with Crippen LogP contribution in [0.2, 0.25) is 0 Å². The van der Waals surface area contributed by atoms with Crippen molar-refractivity contribution in [3.05, 3.63) is 17.9 Å². The van der Waals surface area contributed by atoms with E-state index in [0.717, 1.165) is 38.3 Å². The first-order valence-corrected chi connectivity index (χ1v) is 6.77. The van der Waals surface area contributed by atoms with Gasteiger partial charge in [-0.15, -0.1) is 0 Å². The molecule has 1 aromatic rings. The minimum atomic E-state index is -0.393. The number of hydrogen-bond acceptors (Lipinski definition) is 4. The Labute approximate surface area is 113 Å². The second kappa shape index (κ2) is 6.10. The van der Waals surface area contributed by atoms with E-state index >= 15 is 0 Å². The van der Waals surface area contributed by atoms with E-state index in [4.69, 9.17) is 10.5 Å². The molecule has 0 spiro atoms. The summed E-state index contributed by atoms with van der Waals surface area (Å²) in [4.78, 5) is 4.50. The fourth-order valence-corrected chi connectivity index (χ4v) is 2.39. The summed E-state index contributed by atoms with van der Waals surface area (Å²) in [5, 5.41) is 0. The van der Waals surface area contributed by atoms with Crippen LogP contribution in [0.3, 0.4) is 0 Å². The van der Waals surface area contributed by atoms with E-state index < -0.39 is 5.82 Å². The minimum Gasteiger partial charge on any atom is -0.491 e. The average molecular weight is 267 g/mol. The van der Waals surface area contributed by atoms with Crippen LogP contribution in [-0.4, -0.2) is 44.7 Å². The topological polar surface area (TPSA) is 41.7 Å². The van der Waals surface area contributed by atoms with E-state index in [1.54, 1.807) is 6.07 Å². The normalized spacial score (nSPS) is 17.3. The molecule has 2 rings (SSSR count). The molecule has 0 amide bonds. The molecule has 0 aromatic heterocycles. The minimum absolute atomic E-state index is 0.282. The van der Waals surface area contributed by atoms with Gasteiger partial charge in [0.1, 0.15) is 0 Å². The number of halogens is 1. The number of nitrogens with zero attached hydrogens (tertiary/aromatic N) is 2. The molecule has 1 saturated heterocycles. The lowest BCUT2D eigenvalue weighted by Gasteiger charge is -2.25. The Balaban J connectivity index is 2.25. The van der Waals surface area contributed by atoms with E-state index in [9.17, 15) is 4.39 Å². The van der Waals surface area contributed by atoms with Crippen molar-refractivity contribution >= 4 is 11.4 Å². The Kier molecular flexibility index (Phi) is 4.47. The fraction of sp³-hybridized carbons (Fsp3) is 0.571. The molecule has 0 saturated carbocycles. The molecule has 1 heterocycles. The van der Waals surface area contributed by atoms with Crippen LogP contribution in [0.1, 0.15) is 13.3 Å². The Morgan fingerprint density at radius 2 is 2.05 bits per heavy atom. The van der Waals surface area contributed by atoms with E-state index in [1.165, 1.54) is 6.07 Å². The largest absolute Gasteiger partial charge is 0.491 e. The quantitative estimate of drug-likeness (QED) is 0.850. The number of rotatable bonds is 3. The average Bonchev–Trinajstić information content (AvgIpc) is 2.58. The zero-order valence-corrected chi connectivity index (χ0v) is 11.7. The summed E-state index contributed by atoms with van der Waals surface area (Å²) in [6.07, 6.45) is 1.08. The van der Waals surface area contributed by atoms with Gasteiger partial charge < -0.3 is 20.3 Å². The highest BCUT2D eigenvalue weighted by atomic mass is 19.1. The molecular weight excluding hydrogens is 245 g/mol. The maximum Gasteiger partial charge on any atom is 0.167 e. The molecule has 106 valence electrons. The number of ether oxygens (including phenoxy) is 1. The molecular formula is C14H22FN3O. The number of benzene rings is 1. The molecule has 1 aliphatic rings. The van der Waals surface area contributed by atoms with E-state index in [0.29, 0.717) is 12.3 Å². The Bertz CT molecular complexity index is 439. The highest BCUT2D eigenvalue weighted by molar-refractivity contribution is 5.70. The monoisotopic (exact) mass is 267 g/mol. The van der Waals surface area contributed by atoms with Crippen molar-refractivity contribution in [3.8, 4) is 5.75 Å². The molecule has 0 bridgehead atoms. The van der Waals surface area contributed by atoms with Crippen molar-refractivity contribution in [2.75, 3.05) is 50.5 Å². The van der Waals surface area contributed by atoms with Crippen molar-refractivity contribution in [1.82, 2.24) is 4.90 Å². The van der Waals surface area contributed by atoms with Crippen molar-refractivity contribution in [2.45, 2.75) is 13.3 Å². The van der Waals surface area contributed by atoms with Gasteiger partial charge in [-0.25, -0.2) is 4.39 Å². The van der Waals surface area contributed by atoms with E-state index in [1.807, 2.05) is 6.92 Å². The molecule has 4 nitrogen and oxygen atoms in total. The molecule has 0 aliphatic carbocycles. The third-order valence-corrected chi connectivity index (χ3v) is 3.44. The number of likely N-dealkylation sites (N-methyl/N-ethyl adjacent to an activating group) is 1. The molecule has 1 aromatic carbocycles. The standard InChI is InChI=1S/C14H22FN3O/c1-3-19-14-10-13(12(16)9-11(14)15)18-6-4-5-17(2)7-8-18/h9-10H,3-8,16H2,1-2H3. The van der Waals surface area contributed by atoms with Crippen LogP contribution in [0.15, 0.2) is 12.1 Å². The highest BCUT2D eigenvalue weighted by Crippen LogP contribution is 2.31. The van der Waals surface area contributed by atoms with Crippen LogP contribution >= 0.6 is 0 Å². The lowest BCUT2D eigenvalue weighted by Crippen LogP contribution is -2.29. The summed E-state index contributed by atoms with van der Waals surface area (Å²) in [7, 11) is 2.11. The smallest absolute Gasteiger partial charge is 0.167 e. The summed E-state index contributed by atoms with van der Waals surface area (Å²) in [5.41, 5.74) is 7.30. The van der Waals surface area contributed by atoms with Crippen molar-refractivity contribution < 1.29 is 9.13 Å². The number of nitrogen functional groups attached to an aromatic ring is 1. The predicted octanol–water partition coefficient (Wildman–Crippen LogP) is 1.95. The second-order valence-electron chi connectivity index (χ2n) is 4.92. The number of nitrogens with two attached hydrogens (primary N) is 1. The molecule has 19 heavy (non-hydrogen) atoms. The summed E-state index contributed by atoms with van der Waals surface area (Å²) < 4.78 is 19.0. The van der Waals surface area contributed by atoms with Gasteiger partial charge in [0.15, 0.2) is 11.6 Å². The molecule has 2 N–H and O–H groups in total.